The highest BCUT2D eigenvalue weighted by atomic mass is 16.7. The van der Waals surface area contributed by atoms with Gasteiger partial charge in [0.15, 0.2) is 0 Å². The van der Waals surface area contributed by atoms with E-state index in [2.05, 4.69) is 20.8 Å². The Hall–Kier alpha value is -1.09. The van der Waals surface area contributed by atoms with Gasteiger partial charge in [0.25, 0.3) is 0 Å². The van der Waals surface area contributed by atoms with E-state index in [1.807, 2.05) is 0 Å². The van der Waals surface area contributed by atoms with Crippen LogP contribution in [0.5, 0.6) is 0 Å². The van der Waals surface area contributed by atoms with Gasteiger partial charge in [-0.25, -0.2) is 4.79 Å². The third kappa shape index (κ3) is 1.43. The van der Waals surface area contributed by atoms with Gasteiger partial charge >= 0.3 is 5.97 Å². The molecule has 98 valence electrons. The molecule has 0 aromatic rings. The number of aliphatic hydroxyl groups is 1. The van der Waals surface area contributed by atoms with Crippen LogP contribution in [0, 0.1) is 11.3 Å². The van der Waals surface area contributed by atoms with Crippen molar-refractivity contribution in [1.29, 1.82) is 0 Å². The summed E-state index contributed by atoms with van der Waals surface area (Å²) in [5, 5.41) is 10.8. The van der Waals surface area contributed by atoms with Crippen molar-refractivity contribution in [3.8, 4) is 0 Å². The first-order chi connectivity index (χ1) is 8.35. The largest absolute Gasteiger partial charge is 0.426 e. The Labute approximate surface area is 108 Å². The Kier molecular flexibility index (Phi) is 2.31. The van der Waals surface area contributed by atoms with Crippen LogP contribution in [-0.2, 0) is 9.53 Å². The molecule has 0 aromatic heterocycles. The Morgan fingerprint density at radius 2 is 2.17 bits per heavy atom. The molecule has 2 bridgehead atoms. The fraction of sp³-hybridized carbons (Fsp3) is 0.667. The summed E-state index contributed by atoms with van der Waals surface area (Å²) < 4.78 is 5.25. The average molecular weight is 248 g/mol. The molecule has 0 saturated heterocycles. The highest BCUT2D eigenvalue weighted by Crippen LogP contribution is 2.55. The van der Waals surface area contributed by atoms with E-state index in [1.54, 1.807) is 0 Å². The number of carbonyl (C=O) groups excluding carboxylic acids is 1. The van der Waals surface area contributed by atoms with Crippen molar-refractivity contribution in [1.82, 2.24) is 0 Å². The Morgan fingerprint density at radius 1 is 1.44 bits per heavy atom. The molecular weight excluding hydrogens is 228 g/mol. The molecule has 0 radical (unpaired) electrons. The summed E-state index contributed by atoms with van der Waals surface area (Å²) in [6, 6.07) is 0. The molecular formula is C15H20O3. The zero-order valence-electron chi connectivity index (χ0n) is 11.2. The van der Waals surface area contributed by atoms with Gasteiger partial charge in [0.1, 0.15) is 0 Å². The fourth-order valence-electron chi connectivity index (χ4n) is 3.87. The molecule has 0 aromatic carbocycles. The second kappa shape index (κ2) is 3.47. The molecule has 1 heterocycles. The number of hydrogen-bond donors (Lipinski definition) is 1. The number of carbonyl (C=O) groups is 1. The SMILES string of the molecule is CC1=C(C)[C@]2(C)CCC3=CC(=O)O[C@]3(O)[C@@H](C1)C2. The zero-order valence-corrected chi connectivity index (χ0v) is 11.2. The van der Waals surface area contributed by atoms with Crippen LogP contribution in [0.1, 0.15) is 46.5 Å². The van der Waals surface area contributed by atoms with Crippen LogP contribution in [-0.4, -0.2) is 16.9 Å². The normalized spacial score (nSPS) is 43.2. The van der Waals surface area contributed by atoms with Crippen LogP contribution in [0.15, 0.2) is 22.8 Å². The van der Waals surface area contributed by atoms with E-state index in [4.69, 9.17) is 4.74 Å². The Bertz CT molecular complexity index is 488. The number of allylic oxidation sites excluding steroid dienone is 2. The summed E-state index contributed by atoms with van der Waals surface area (Å²) in [6.45, 7) is 6.61. The molecule has 3 atom stereocenters. The molecule has 1 saturated carbocycles. The monoisotopic (exact) mass is 248 g/mol. The van der Waals surface area contributed by atoms with Gasteiger partial charge in [0.05, 0.1) is 0 Å². The first-order valence-electron chi connectivity index (χ1n) is 6.68. The van der Waals surface area contributed by atoms with Crippen LogP contribution in [0.2, 0.25) is 0 Å². The lowest BCUT2D eigenvalue weighted by Crippen LogP contribution is -2.42. The summed E-state index contributed by atoms with van der Waals surface area (Å²) in [6.07, 6.45) is 4.95. The van der Waals surface area contributed by atoms with Crippen molar-refractivity contribution < 1.29 is 14.6 Å². The molecule has 18 heavy (non-hydrogen) atoms. The zero-order chi connectivity index (χ0) is 13.1. The van der Waals surface area contributed by atoms with Crippen LogP contribution >= 0.6 is 0 Å². The lowest BCUT2D eigenvalue weighted by Gasteiger charge is -2.41. The first kappa shape index (κ1) is 12.0. The summed E-state index contributed by atoms with van der Waals surface area (Å²) >= 11 is 0. The Balaban J connectivity index is 2.08. The van der Waals surface area contributed by atoms with E-state index >= 15 is 0 Å². The smallest absolute Gasteiger partial charge is 0.333 e. The number of esters is 1. The van der Waals surface area contributed by atoms with Crippen LogP contribution in [0.4, 0.5) is 0 Å². The molecule has 3 heteroatoms. The van der Waals surface area contributed by atoms with E-state index in [0.717, 1.165) is 31.3 Å². The third-order valence-electron chi connectivity index (χ3n) is 5.30. The van der Waals surface area contributed by atoms with Crippen molar-refractivity contribution in [2.24, 2.45) is 11.3 Å². The van der Waals surface area contributed by atoms with Gasteiger partial charge in [0.2, 0.25) is 5.79 Å². The average Bonchev–Trinajstić information content (AvgIpc) is 2.55. The van der Waals surface area contributed by atoms with Gasteiger partial charge in [-0.05, 0) is 44.9 Å². The number of rotatable bonds is 0. The summed E-state index contributed by atoms with van der Waals surface area (Å²) in [5.41, 5.74) is 3.71. The first-order valence-corrected chi connectivity index (χ1v) is 6.68. The third-order valence-corrected chi connectivity index (χ3v) is 5.30. The van der Waals surface area contributed by atoms with Crippen LogP contribution in [0.25, 0.3) is 0 Å². The lowest BCUT2D eigenvalue weighted by molar-refractivity contribution is -0.202. The molecule has 0 unspecified atom stereocenters. The second-order valence-corrected chi connectivity index (χ2v) is 6.36. The van der Waals surface area contributed by atoms with Crippen molar-refractivity contribution in [3.05, 3.63) is 22.8 Å². The maximum Gasteiger partial charge on any atom is 0.333 e. The van der Waals surface area contributed by atoms with E-state index in [9.17, 15) is 9.90 Å². The topological polar surface area (TPSA) is 46.5 Å². The Morgan fingerprint density at radius 3 is 2.89 bits per heavy atom. The van der Waals surface area contributed by atoms with Gasteiger partial charge in [-0.15, -0.1) is 0 Å². The standard InChI is InChI=1S/C15H20O3/c1-9-6-12-8-14(3,10(9)2)5-4-11-7-13(16)18-15(11,12)17/h7,12,17H,4-6,8H2,1-3H3/t12-,14+,15-/m0/s1. The maximum atomic E-state index is 11.4. The molecule has 3 aliphatic rings. The van der Waals surface area contributed by atoms with Crippen LogP contribution in [0.3, 0.4) is 0 Å². The maximum absolute atomic E-state index is 11.4. The minimum absolute atomic E-state index is 0.00593. The number of hydrogen-bond acceptors (Lipinski definition) is 3. The summed E-state index contributed by atoms with van der Waals surface area (Å²) in [4.78, 5) is 11.4. The molecule has 1 N–H and O–H groups in total. The lowest BCUT2D eigenvalue weighted by atomic mass is 9.66. The minimum Gasteiger partial charge on any atom is -0.426 e. The number of fused-ring (bicyclic) bond motifs is 4. The summed E-state index contributed by atoms with van der Waals surface area (Å²) in [7, 11) is 0. The molecule has 1 fully saturated rings. The van der Waals surface area contributed by atoms with E-state index in [0.29, 0.717) is 0 Å². The summed E-state index contributed by atoms with van der Waals surface area (Å²) in [5.74, 6) is -1.72. The van der Waals surface area contributed by atoms with Gasteiger partial charge < -0.3 is 9.84 Å². The van der Waals surface area contributed by atoms with Gasteiger partial charge in [-0.2, -0.15) is 0 Å². The van der Waals surface area contributed by atoms with Crippen molar-refractivity contribution in [2.75, 3.05) is 0 Å². The quantitative estimate of drug-likeness (QED) is 0.529. The van der Waals surface area contributed by atoms with E-state index < -0.39 is 5.79 Å². The number of ether oxygens (including phenoxy) is 1. The van der Waals surface area contributed by atoms with Crippen molar-refractivity contribution in [2.45, 2.75) is 52.2 Å². The highest BCUT2D eigenvalue weighted by Gasteiger charge is 2.54. The van der Waals surface area contributed by atoms with Gasteiger partial charge in [0, 0.05) is 17.6 Å². The minimum atomic E-state index is -1.34. The molecule has 3 rings (SSSR count). The van der Waals surface area contributed by atoms with Gasteiger partial charge in [-0.1, -0.05) is 18.1 Å². The predicted octanol–water partition coefficient (Wildman–Crippen LogP) is 2.70. The van der Waals surface area contributed by atoms with E-state index in [1.165, 1.54) is 17.2 Å². The molecule has 2 aliphatic carbocycles. The van der Waals surface area contributed by atoms with E-state index in [-0.39, 0.29) is 17.3 Å². The van der Waals surface area contributed by atoms with Gasteiger partial charge in [-0.3, -0.25) is 0 Å². The molecule has 3 nitrogen and oxygen atoms in total. The van der Waals surface area contributed by atoms with Crippen LogP contribution < -0.4 is 0 Å². The van der Waals surface area contributed by atoms with Crippen molar-refractivity contribution >= 4 is 5.97 Å². The molecule has 1 aliphatic heterocycles. The van der Waals surface area contributed by atoms with Crippen molar-refractivity contribution in [3.63, 3.8) is 0 Å². The predicted molar refractivity (Wildman–Crippen MR) is 67.6 cm³/mol. The molecule has 0 spiro atoms. The fourth-order valence-corrected chi connectivity index (χ4v) is 3.87. The second-order valence-electron chi connectivity index (χ2n) is 6.36. The highest BCUT2D eigenvalue weighted by molar-refractivity contribution is 5.86. The molecule has 0 amide bonds.